The third-order valence-electron chi connectivity index (χ3n) is 4.57. The monoisotopic (exact) mass is 360 g/mol. The second-order valence-corrected chi connectivity index (χ2v) is 6.87. The van der Waals surface area contributed by atoms with Gasteiger partial charge < -0.3 is 0 Å². The second kappa shape index (κ2) is 5.82. The van der Waals surface area contributed by atoms with E-state index in [0.29, 0.717) is 0 Å². The fraction of sp³-hybridized carbons (Fsp3) is 0.0909. The molecule has 0 saturated heterocycles. The van der Waals surface area contributed by atoms with Gasteiger partial charge in [-0.1, -0.05) is 76.6 Å². The molecule has 1 heteroatoms. The maximum atomic E-state index is 3.77. The first kappa shape index (κ1) is 14.5. The minimum absolute atomic E-state index is 0.952. The fourth-order valence-corrected chi connectivity index (χ4v) is 3.98. The van der Waals surface area contributed by atoms with Crippen molar-refractivity contribution in [3.8, 4) is 0 Å². The zero-order chi connectivity index (χ0) is 15.8. The number of hydrogen-bond acceptors (Lipinski definition) is 0. The van der Waals surface area contributed by atoms with Crippen molar-refractivity contribution in [2.24, 2.45) is 0 Å². The van der Waals surface area contributed by atoms with E-state index in [4.69, 9.17) is 0 Å². The molecule has 0 unspecified atom stereocenters. The lowest BCUT2D eigenvalue weighted by molar-refractivity contribution is 1.18. The van der Waals surface area contributed by atoms with E-state index in [-0.39, 0.29) is 0 Å². The molecule has 0 aliphatic heterocycles. The molecule has 4 aromatic carbocycles. The number of rotatable bonds is 2. The Bertz CT molecular complexity index is 1010. The fourth-order valence-electron chi connectivity index (χ4n) is 3.36. The van der Waals surface area contributed by atoms with Crippen LogP contribution in [0.4, 0.5) is 0 Å². The van der Waals surface area contributed by atoms with Crippen molar-refractivity contribution in [1.29, 1.82) is 0 Å². The van der Waals surface area contributed by atoms with Crippen LogP contribution in [0.3, 0.4) is 0 Å². The first-order valence-corrected chi connectivity index (χ1v) is 8.67. The molecular weight excluding hydrogens is 344 g/mol. The maximum absolute atomic E-state index is 3.77. The molecule has 0 N–H and O–H groups in total. The summed E-state index contributed by atoms with van der Waals surface area (Å²) in [4.78, 5) is 0. The third-order valence-corrected chi connectivity index (χ3v) is 5.23. The molecular formula is C22H17Br. The van der Waals surface area contributed by atoms with Crippen LogP contribution in [0, 0.1) is 6.92 Å². The maximum Gasteiger partial charge on any atom is 0.0256 e. The molecule has 0 saturated carbocycles. The topological polar surface area (TPSA) is 0 Å². The van der Waals surface area contributed by atoms with Crippen molar-refractivity contribution in [3.63, 3.8) is 0 Å². The molecule has 0 aromatic heterocycles. The quantitative estimate of drug-likeness (QED) is 0.351. The summed E-state index contributed by atoms with van der Waals surface area (Å²) in [5.74, 6) is 0. The van der Waals surface area contributed by atoms with Crippen molar-refractivity contribution >= 4 is 37.5 Å². The van der Waals surface area contributed by atoms with Gasteiger partial charge in [0.05, 0.1) is 0 Å². The highest BCUT2D eigenvalue weighted by atomic mass is 79.9. The van der Waals surface area contributed by atoms with Crippen LogP contribution in [-0.2, 0) is 6.42 Å². The van der Waals surface area contributed by atoms with Gasteiger partial charge in [0.2, 0.25) is 0 Å². The van der Waals surface area contributed by atoms with Crippen molar-refractivity contribution in [2.45, 2.75) is 13.3 Å². The van der Waals surface area contributed by atoms with E-state index >= 15 is 0 Å². The summed E-state index contributed by atoms with van der Waals surface area (Å²) in [6, 6.07) is 26.1. The molecule has 0 radical (unpaired) electrons. The van der Waals surface area contributed by atoms with E-state index in [1.807, 2.05) is 0 Å². The highest BCUT2D eigenvalue weighted by Crippen LogP contribution is 2.35. The van der Waals surface area contributed by atoms with Crippen LogP contribution in [0.25, 0.3) is 21.5 Å². The lowest BCUT2D eigenvalue weighted by atomic mass is 9.91. The molecule has 0 nitrogen and oxygen atoms in total. The standard InChI is InChI=1S/C22H17Br/c1-15-7-2-3-8-16(15)14-20-19-11-5-4-9-17(19)13-18-10-6-12-21(23)22(18)20/h2-13H,14H2,1H3. The molecule has 0 aliphatic rings. The molecule has 23 heavy (non-hydrogen) atoms. The average molecular weight is 361 g/mol. The van der Waals surface area contributed by atoms with Gasteiger partial charge in [0.15, 0.2) is 0 Å². The molecule has 112 valence electrons. The smallest absolute Gasteiger partial charge is 0.0256 e. The Hall–Kier alpha value is -2.12. The van der Waals surface area contributed by atoms with Gasteiger partial charge in [0.1, 0.15) is 0 Å². The van der Waals surface area contributed by atoms with E-state index < -0.39 is 0 Å². The number of benzene rings is 4. The zero-order valence-corrected chi connectivity index (χ0v) is 14.6. The highest BCUT2D eigenvalue weighted by Gasteiger charge is 2.11. The molecule has 0 heterocycles. The van der Waals surface area contributed by atoms with Crippen LogP contribution in [0.1, 0.15) is 16.7 Å². The Kier molecular flexibility index (Phi) is 3.66. The summed E-state index contributed by atoms with van der Waals surface area (Å²) < 4.78 is 1.17. The van der Waals surface area contributed by atoms with Crippen LogP contribution in [0.5, 0.6) is 0 Å². The zero-order valence-electron chi connectivity index (χ0n) is 13.0. The van der Waals surface area contributed by atoms with Gasteiger partial charge in [-0.25, -0.2) is 0 Å². The number of fused-ring (bicyclic) bond motifs is 2. The molecule has 4 aromatic rings. The van der Waals surface area contributed by atoms with Gasteiger partial charge in [-0.05, 0) is 58.3 Å². The first-order valence-electron chi connectivity index (χ1n) is 7.87. The van der Waals surface area contributed by atoms with Gasteiger partial charge in [-0.2, -0.15) is 0 Å². The van der Waals surface area contributed by atoms with E-state index in [1.165, 1.54) is 42.7 Å². The van der Waals surface area contributed by atoms with Crippen LogP contribution in [-0.4, -0.2) is 0 Å². The second-order valence-electron chi connectivity index (χ2n) is 6.02. The molecule has 0 bridgehead atoms. The van der Waals surface area contributed by atoms with Crippen LogP contribution >= 0.6 is 15.9 Å². The predicted molar refractivity (Wildman–Crippen MR) is 103 cm³/mol. The van der Waals surface area contributed by atoms with E-state index in [1.54, 1.807) is 0 Å². The van der Waals surface area contributed by atoms with Gasteiger partial charge in [0.25, 0.3) is 0 Å². The summed E-state index contributed by atoms with van der Waals surface area (Å²) in [6.07, 6.45) is 0.952. The van der Waals surface area contributed by atoms with Crippen molar-refractivity contribution in [2.75, 3.05) is 0 Å². The van der Waals surface area contributed by atoms with Gasteiger partial charge in [0, 0.05) is 9.86 Å². The average Bonchev–Trinajstić information content (AvgIpc) is 2.56. The lowest BCUT2D eigenvalue weighted by Crippen LogP contribution is -1.95. The van der Waals surface area contributed by atoms with Gasteiger partial charge in [-0.3, -0.25) is 0 Å². The highest BCUT2D eigenvalue weighted by molar-refractivity contribution is 9.10. The van der Waals surface area contributed by atoms with Crippen molar-refractivity contribution in [1.82, 2.24) is 0 Å². The van der Waals surface area contributed by atoms with Crippen LogP contribution in [0.2, 0.25) is 0 Å². The minimum Gasteiger partial charge on any atom is -0.0620 e. The summed E-state index contributed by atoms with van der Waals surface area (Å²) >= 11 is 3.77. The van der Waals surface area contributed by atoms with E-state index in [2.05, 4.69) is 95.7 Å². The SMILES string of the molecule is Cc1ccccc1Cc1c2ccccc2cc2cccc(Br)c12. The summed E-state index contributed by atoms with van der Waals surface area (Å²) in [7, 11) is 0. The molecule has 4 rings (SSSR count). The molecule has 0 amide bonds. The predicted octanol–water partition coefficient (Wildman–Crippen LogP) is 6.65. The molecule has 0 fully saturated rings. The third kappa shape index (κ3) is 2.55. The Morgan fingerprint density at radius 1 is 0.783 bits per heavy atom. The summed E-state index contributed by atoms with van der Waals surface area (Å²) in [5, 5.41) is 5.27. The number of hydrogen-bond donors (Lipinski definition) is 0. The number of halogens is 1. The Morgan fingerprint density at radius 2 is 1.52 bits per heavy atom. The Balaban J connectivity index is 2.07. The normalized spacial score (nSPS) is 11.2. The van der Waals surface area contributed by atoms with Gasteiger partial charge >= 0.3 is 0 Å². The Labute approximate surface area is 144 Å². The lowest BCUT2D eigenvalue weighted by Gasteiger charge is -2.14. The van der Waals surface area contributed by atoms with Crippen molar-refractivity contribution < 1.29 is 0 Å². The van der Waals surface area contributed by atoms with Gasteiger partial charge in [-0.15, -0.1) is 0 Å². The van der Waals surface area contributed by atoms with E-state index in [9.17, 15) is 0 Å². The summed E-state index contributed by atoms with van der Waals surface area (Å²) in [6.45, 7) is 2.19. The molecule has 0 spiro atoms. The van der Waals surface area contributed by atoms with E-state index in [0.717, 1.165) is 6.42 Å². The van der Waals surface area contributed by atoms with Crippen molar-refractivity contribution in [3.05, 3.63) is 94.0 Å². The molecule has 0 atom stereocenters. The first-order chi connectivity index (χ1) is 11.2. The molecule has 0 aliphatic carbocycles. The van der Waals surface area contributed by atoms with Crippen LogP contribution in [0.15, 0.2) is 77.3 Å². The number of aryl methyl sites for hydroxylation is 1. The minimum atomic E-state index is 0.952. The summed E-state index contributed by atoms with van der Waals surface area (Å²) in [5.41, 5.74) is 4.14. The largest absolute Gasteiger partial charge is 0.0620 e. The van der Waals surface area contributed by atoms with Crippen LogP contribution < -0.4 is 0 Å². The Morgan fingerprint density at radius 3 is 2.39 bits per heavy atom.